The second-order valence-corrected chi connectivity index (χ2v) is 2.29. The zero-order chi connectivity index (χ0) is 8.81. The molecule has 0 spiro atoms. The lowest BCUT2D eigenvalue weighted by atomic mass is 10.4. The minimum Gasteiger partial charge on any atom is -0.396 e. The summed E-state index contributed by atoms with van der Waals surface area (Å²) < 4.78 is 0. The van der Waals surface area contributed by atoms with Gasteiger partial charge in [0.2, 0.25) is 5.95 Å². The maximum Gasteiger partial charge on any atom is 0.252 e. The van der Waals surface area contributed by atoms with E-state index < -0.39 is 0 Å². The van der Waals surface area contributed by atoms with E-state index in [2.05, 4.69) is 15.3 Å². The predicted molar refractivity (Wildman–Crippen MR) is 45.1 cm³/mol. The molecule has 1 aromatic rings. The molecule has 0 fully saturated rings. The molecule has 0 unspecified atom stereocenters. The van der Waals surface area contributed by atoms with E-state index in [1.54, 1.807) is 0 Å². The number of nitrogens with zero attached hydrogens (tertiary/aromatic N) is 1. The Labute approximate surface area is 69.5 Å². The number of hydrogen-bond acceptors (Lipinski definition) is 4. The molecule has 0 aliphatic carbocycles. The first-order valence-corrected chi connectivity index (χ1v) is 3.73. The van der Waals surface area contributed by atoms with Crippen LogP contribution in [0.4, 0.5) is 5.95 Å². The van der Waals surface area contributed by atoms with E-state index in [0.717, 1.165) is 0 Å². The molecule has 5 nitrogen and oxygen atoms in total. The molecule has 0 aromatic carbocycles. The van der Waals surface area contributed by atoms with E-state index >= 15 is 0 Å². The van der Waals surface area contributed by atoms with Gasteiger partial charge in [-0.25, -0.2) is 4.98 Å². The van der Waals surface area contributed by atoms with E-state index in [-0.39, 0.29) is 12.2 Å². The number of nitrogens with one attached hydrogen (secondary N) is 2. The molecule has 0 amide bonds. The van der Waals surface area contributed by atoms with E-state index in [9.17, 15) is 4.79 Å². The number of rotatable bonds is 4. The largest absolute Gasteiger partial charge is 0.396 e. The molecular weight excluding hydrogens is 158 g/mol. The molecular formula is C7H11N3O2. The minimum atomic E-state index is -0.184. The Morgan fingerprint density at radius 2 is 2.50 bits per heavy atom. The van der Waals surface area contributed by atoms with Gasteiger partial charge in [0.25, 0.3) is 5.56 Å². The van der Waals surface area contributed by atoms with Gasteiger partial charge < -0.3 is 10.4 Å². The fraction of sp³-hybridized carbons (Fsp3) is 0.429. The van der Waals surface area contributed by atoms with Gasteiger partial charge in [-0.3, -0.25) is 9.78 Å². The highest BCUT2D eigenvalue weighted by Crippen LogP contribution is 1.90. The van der Waals surface area contributed by atoms with E-state index in [1.807, 2.05) is 0 Å². The average molecular weight is 169 g/mol. The molecule has 0 bridgehead atoms. The van der Waals surface area contributed by atoms with Crippen LogP contribution in [0.3, 0.4) is 0 Å². The Morgan fingerprint density at radius 1 is 1.67 bits per heavy atom. The van der Waals surface area contributed by atoms with Gasteiger partial charge >= 0.3 is 0 Å². The molecule has 66 valence electrons. The second-order valence-electron chi connectivity index (χ2n) is 2.29. The Bertz CT molecular complexity index is 284. The van der Waals surface area contributed by atoms with Crippen LogP contribution in [0, 0.1) is 0 Å². The Morgan fingerprint density at radius 3 is 3.17 bits per heavy atom. The maximum atomic E-state index is 10.7. The van der Waals surface area contributed by atoms with Crippen LogP contribution in [0.2, 0.25) is 0 Å². The molecule has 1 aromatic heterocycles. The second kappa shape index (κ2) is 4.50. The third-order valence-electron chi connectivity index (χ3n) is 1.30. The summed E-state index contributed by atoms with van der Waals surface area (Å²) in [4.78, 5) is 17.1. The molecule has 0 radical (unpaired) electrons. The van der Waals surface area contributed by atoms with Crippen LogP contribution >= 0.6 is 0 Å². The number of H-pyrrole nitrogens is 1. The topological polar surface area (TPSA) is 78.0 Å². The van der Waals surface area contributed by atoms with E-state index in [1.165, 1.54) is 12.3 Å². The van der Waals surface area contributed by atoms with Crippen molar-refractivity contribution < 1.29 is 5.11 Å². The van der Waals surface area contributed by atoms with E-state index in [4.69, 9.17) is 5.11 Å². The fourth-order valence-corrected chi connectivity index (χ4v) is 0.746. The third kappa shape index (κ3) is 2.71. The molecule has 12 heavy (non-hydrogen) atoms. The highest BCUT2D eigenvalue weighted by Gasteiger charge is 1.91. The quantitative estimate of drug-likeness (QED) is 0.534. The van der Waals surface area contributed by atoms with Crippen molar-refractivity contribution in [2.45, 2.75) is 6.42 Å². The maximum absolute atomic E-state index is 10.7. The predicted octanol–water partition coefficient (Wildman–Crippen LogP) is -0.436. The molecule has 3 N–H and O–H groups in total. The summed E-state index contributed by atoms with van der Waals surface area (Å²) in [6.45, 7) is 0.730. The molecule has 0 saturated heterocycles. The van der Waals surface area contributed by atoms with Crippen molar-refractivity contribution in [1.82, 2.24) is 9.97 Å². The number of hydrogen-bond donors (Lipinski definition) is 3. The third-order valence-corrected chi connectivity index (χ3v) is 1.30. The van der Waals surface area contributed by atoms with Gasteiger partial charge in [0.15, 0.2) is 0 Å². The lowest BCUT2D eigenvalue weighted by Crippen LogP contribution is -2.12. The summed E-state index contributed by atoms with van der Waals surface area (Å²) in [7, 11) is 0. The lowest BCUT2D eigenvalue weighted by molar-refractivity contribution is 0.292. The van der Waals surface area contributed by atoms with Crippen molar-refractivity contribution in [3.63, 3.8) is 0 Å². The number of aliphatic hydroxyl groups is 1. The summed E-state index contributed by atoms with van der Waals surface area (Å²) in [6.07, 6.45) is 2.07. The summed E-state index contributed by atoms with van der Waals surface area (Å²) >= 11 is 0. The van der Waals surface area contributed by atoms with Gasteiger partial charge in [-0.2, -0.15) is 0 Å². The smallest absolute Gasteiger partial charge is 0.252 e. The number of aliphatic hydroxyl groups excluding tert-OH is 1. The molecule has 1 heterocycles. The zero-order valence-corrected chi connectivity index (χ0v) is 6.58. The zero-order valence-electron chi connectivity index (χ0n) is 6.58. The van der Waals surface area contributed by atoms with Crippen LogP contribution in [0.1, 0.15) is 6.42 Å². The van der Waals surface area contributed by atoms with Crippen LogP contribution < -0.4 is 10.9 Å². The summed E-state index contributed by atoms with van der Waals surface area (Å²) in [5, 5.41) is 11.3. The normalized spacial score (nSPS) is 9.75. The number of anilines is 1. The highest BCUT2D eigenvalue weighted by molar-refractivity contribution is 5.21. The van der Waals surface area contributed by atoms with Gasteiger partial charge in [-0.1, -0.05) is 0 Å². The highest BCUT2D eigenvalue weighted by atomic mass is 16.3. The summed E-state index contributed by atoms with van der Waals surface area (Å²) in [5.41, 5.74) is -0.184. The Hall–Kier alpha value is -1.36. The fourth-order valence-electron chi connectivity index (χ4n) is 0.746. The van der Waals surface area contributed by atoms with Crippen molar-refractivity contribution in [1.29, 1.82) is 0 Å². The first-order valence-electron chi connectivity index (χ1n) is 3.73. The van der Waals surface area contributed by atoms with Crippen molar-refractivity contribution >= 4 is 5.95 Å². The molecule has 0 saturated carbocycles. The van der Waals surface area contributed by atoms with Gasteiger partial charge in [0, 0.05) is 25.4 Å². The molecule has 0 aliphatic rings. The molecule has 0 aliphatic heterocycles. The standard InChI is InChI=1S/C7H11N3O2/c11-5-1-3-8-7-9-4-2-6(12)10-7/h2,4,11H,1,3,5H2,(H2,8,9,10,12). The minimum absolute atomic E-state index is 0.129. The van der Waals surface area contributed by atoms with Crippen molar-refractivity contribution in [3.8, 4) is 0 Å². The van der Waals surface area contributed by atoms with E-state index in [0.29, 0.717) is 18.9 Å². The number of aromatic amines is 1. The van der Waals surface area contributed by atoms with Crippen LogP contribution in [0.25, 0.3) is 0 Å². The Balaban J connectivity index is 2.47. The average Bonchev–Trinajstić information content (AvgIpc) is 2.05. The molecule has 5 heteroatoms. The van der Waals surface area contributed by atoms with Crippen molar-refractivity contribution in [2.75, 3.05) is 18.5 Å². The number of aromatic nitrogens is 2. The summed E-state index contributed by atoms with van der Waals surface area (Å²) in [5.74, 6) is 0.441. The van der Waals surface area contributed by atoms with Gasteiger partial charge in [-0.05, 0) is 6.42 Å². The van der Waals surface area contributed by atoms with Crippen molar-refractivity contribution in [2.24, 2.45) is 0 Å². The summed E-state index contributed by atoms with van der Waals surface area (Å²) in [6, 6.07) is 1.34. The lowest BCUT2D eigenvalue weighted by Gasteiger charge is -2.01. The van der Waals surface area contributed by atoms with Crippen LogP contribution in [-0.2, 0) is 0 Å². The van der Waals surface area contributed by atoms with Gasteiger partial charge in [0.1, 0.15) is 0 Å². The molecule has 1 rings (SSSR count). The molecule has 0 atom stereocenters. The van der Waals surface area contributed by atoms with Gasteiger partial charge in [-0.15, -0.1) is 0 Å². The van der Waals surface area contributed by atoms with Gasteiger partial charge in [0.05, 0.1) is 0 Å². The van der Waals surface area contributed by atoms with Crippen LogP contribution in [0.15, 0.2) is 17.1 Å². The van der Waals surface area contributed by atoms with Crippen molar-refractivity contribution in [3.05, 3.63) is 22.6 Å². The van der Waals surface area contributed by atoms with Crippen LogP contribution in [-0.4, -0.2) is 28.2 Å². The Kier molecular flexibility index (Phi) is 3.28. The SMILES string of the molecule is O=c1ccnc(NCCCO)[nH]1. The first-order chi connectivity index (χ1) is 5.83. The monoisotopic (exact) mass is 169 g/mol. The van der Waals surface area contributed by atoms with Crippen LogP contribution in [0.5, 0.6) is 0 Å². The first kappa shape index (κ1) is 8.73.